The fraction of sp³-hybridized carbons (Fsp3) is 0.111. The summed E-state index contributed by atoms with van der Waals surface area (Å²) in [5.74, 6) is 0.665. The zero-order chi connectivity index (χ0) is 18.6. The summed E-state index contributed by atoms with van der Waals surface area (Å²) >= 11 is 0. The highest BCUT2D eigenvalue weighted by molar-refractivity contribution is 5.90. The number of aromatic nitrogens is 2. The summed E-state index contributed by atoms with van der Waals surface area (Å²) in [4.78, 5) is 12.0. The Labute approximate surface area is 147 Å². The zero-order valence-corrected chi connectivity index (χ0v) is 13.4. The summed E-state index contributed by atoms with van der Waals surface area (Å²) in [5.41, 5.74) is -0.574. The van der Waals surface area contributed by atoms with Gasteiger partial charge in [0.15, 0.2) is 5.69 Å². The average Bonchev–Trinajstić information content (AvgIpc) is 3.05. The van der Waals surface area contributed by atoms with Crippen LogP contribution in [-0.4, -0.2) is 15.7 Å². The van der Waals surface area contributed by atoms with Crippen molar-refractivity contribution in [1.82, 2.24) is 9.78 Å². The molecule has 26 heavy (non-hydrogen) atoms. The van der Waals surface area contributed by atoms with E-state index < -0.39 is 17.8 Å². The molecule has 0 atom stereocenters. The van der Waals surface area contributed by atoms with Crippen LogP contribution in [0.25, 0.3) is 0 Å². The molecule has 0 aliphatic rings. The molecule has 0 radical (unpaired) electrons. The monoisotopic (exact) mass is 361 g/mol. The molecule has 8 heteroatoms. The van der Waals surface area contributed by atoms with Crippen molar-refractivity contribution in [3.63, 3.8) is 0 Å². The minimum atomic E-state index is -4.54. The van der Waals surface area contributed by atoms with E-state index in [2.05, 4.69) is 10.4 Å². The first-order chi connectivity index (χ1) is 12.4. The van der Waals surface area contributed by atoms with Crippen LogP contribution in [0.5, 0.6) is 11.5 Å². The Kier molecular flexibility index (Phi) is 4.92. The largest absolute Gasteiger partial charge is 0.457 e. The average molecular weight is 361 g/mol. The highest BCUT2D eigenvalue weighted by Crippen LogP contribution is 2.27. The highest BCUT2D eigenvalue weighted by Gasteiger charge is 2.33. The van der Waals surface area contributed by atoms with Crippen molar-refractivity contribution >= 4 is 11.6 Å². The number of carbonyl (C=O) groups excluding carboxylic acids is 1. The first-order valence-corrected chi connectivity index (χ1v) is 7.63. The number of carbonyl (C=O) groups is 1. The lowest BCUT2D eigenvalue weighted by Crippen LogP contribution is -2.19. The predicted octanol–water partition coefficient (Wildman–Crippen LogP) is 4.33. The lowest BCUT2D eigenvalue weighted by molar-refractivity contribution is -0.141. The number of ether oxygens (including phenoxy) is 1. The second-order valence-electron chi connectivity index (χ2n) is 5.39. The van der Waals surface area contributed by atoms with Crippen LogP contribution < -0.4 is 10.1 Å². The minimum absolute atomic E-state index is 0.333. The first-order valence-electron chi connectivity index (χ1n) is 7.63. The molecule has 0 spiro atoms. The number of alkyl halides is 3. The molecule has 134 valence electrons. The Morgan fingerprint density at radius 2 is 1.77 bits per heavy atom. The van der Waals surface area contributed by atoms with Gasteiger partial charge >= 0.3 is 6.18 Å². The van der Waals surface area contributed by atoms with E-state index >= 15 is 0 Å². The van der Waals surface area contributed by atoms with E-state index in [4.69, 9.17) is 4.74 Å². The van der Waals surface area contributed by atoms with Crippen molar-refractivity contribution in [2.24, 2.45) is 0 Å². The molecule has 5 nitrogen and oxygen atoms in total. The molecule has 0 bridgehead atoms. The Bertz CT molecular complexity index is 892. The van der Waals surface area contributed by atoms with Crippen LogP contribution in [0.4, 0.5) is 18.9 Å². The summed E-state index contributed by atoms with van der Waals surface area (Å²) in [6, 6.07) is 16.6. The van der Waals surface area contributed by atoms with Crippen LogP contribution in [0.2, 0.25) is 0 Å². The lowest BCUT2D eigenvalue weighted by atomic mass is 10.3. The van der Waals surface area contributed by atoms with E-state index in [1.807, 2.05) is 18.2 Å². The third kappa shape index (κ3) is 4.62. The predicted molar refractivity (Wildman–Crippen MR) is 88.8 cm³/mol. The minimum Gasteiger partial charge on any atom is -0.457 e. The fourth-order valence-corrected chi connectivity index (χ4v) is 2.21. The van der Waals surface area contributed by atoms with Gasteiger partial charge in [-0.25, -0.2) is 0 Å². The molecular formula is C18H14F3N3O2. The van der Waals surface area contributed by atoms with Crippen molar-refractivity contribution in [3.05, 3.63) is 72.6 Å². The number of benzene rings is 2. The van der Waals surface area contributed by atoms with E-state index in [1.165, 1.54) is 0 Å². The molecular weight excluding hydrogens is 347 g/mol. The van der Waals surface area contributed by atoms with Crippen LogP contribution in [0.3, 0.4) is 0 Å². The second kappa shape index (κ2) is 7.30. The highest BCUT2D eigenvalue weighted by atomic mass is 19.4. The standard InChI is InChI=1S/C18H14F3N3O2/c19-18(20,21)16-9-10-24(23-16)12-17(25)22-13-5-4-8-15(11-13)26-14-6-2-1-3-7-14/h1-11H,12H2,(H,22,25). The molecule has 1 N–H and O–H groups in total. The molecule has 2 aromatic carbocycles. The smallest absolute Gasteiger partial charge is 0.435 e. The Morgan fingerprint density at radius 3 is 2.46 bits per heavy atom. The molecule has 0 aliphatic carbocycles. The maximum atomic E-state index is 12.5. The van der Waals surface area contributed by atoms with Gasteiger partial charge in [0.05, 0.1) is 0 Å². The summed E-state index contributed by atoms with van der Waals surface area (Å²) < 4.78 is 44.2. The van der Waals surface area contributed by atoms with Gasteiger partial charge < -0.3 is 10.1 Å². The van der Waals surface area contributed by atoms with Gasteiger partial charge in [-0.15, -0.1) is 0 Å². The van der Waals surface area contributed by atoms with Crippen molar-refractivity contribution in [2.75, 3.05) is 5.32 Å². The SMILES string of the molecule is O=C(Cn1ccc(C(F)(F)F)n1)Nc1cccc(Oc2ccccc2)c1. The molecule has 1 heterocycles. The van der Waals surface area contributed by atoms with Gasteiger partial charge in [0, 0.05) is 18.0 Å². The maximum Gasteiger partial charge on any atom is 0.435 e. The third-order valence-corrected chi connectivity index (χ3v) is 3.33. The molecule has 3 aromatic rings. The summed E-state index contributed by atoms with van der Waals surface area (Å²) in [6.07, 6.45) is -3.43. The van der Waals surface area contributed by atoms with Crippen molar-refractivity contribution < 1.29 is 22.7 Å². The second-order valence-corrected chi connectivity index (χ2v) is 5.39. The number of amides is 1. The summed E-state index contributed by atoms with van der Waals surface area (Å²) in [5, 5.41) is 5.95. The molecule has 0 saturated heterocycles. The van der Waals surface area contributed by atoms with Crippen molar-refractivity contribution in [1.29, 1.82) is 0 Å². The molecule has 1 amide bonds. The summed E-state index contributed by atoms with van der Waals surface area (Å²) in [6.45, 7) is -0.333. The quantitative estimate of drug-likeness (QED) is 0.736. The topological polar surface area (TPSA) is 56.2 Å². The summed E-state index contributed by atoms with van der Waals surface area (Å²) in [7, 11) is 0. The van der Waals surface area contributed by atoms with Crippen LogP contribution in [0, 0.1) is 0 Å². The number of rotatable bonds is 5. The molecule has 0 unspecified atom stereocenters. The van der Waals surface area contributed by atoms with Gasteiger partial charge in [0.1, 0.15) is 18.0 Å². The van der Waals surface area contributed by atoms with E-state index in [9.17, 15) is 18.0 Å². The molecule has 1 aromatic heterocycles. The fourth-order valence-electron chi connectivity index (χ4n) is 2.21. The van der Waals surface area contributed by atoms with Crippen molar-refractivity contribution in [3.8, 4) is 11.5 Å². The first kappa shape index (κ1) is 17.5. The van der Waals surface area contributed by atoms with Gasteiger partial charge in [0.25, 0.3) is 0 Å². The van der Waals surface area contributed by atoms with Crippen LogP contribution in [0.1, 0.15) is 5.69 Å². The molecule has 0 saturated carbocycles. The normalized spacial score (nSPS) is 11.2. The van der Waals surface area contributed by atoms with Gasteiger partial charge in [-0.1, -0.05) is 24.3 Å². The zero-order valence-electron chi connectivity index (χ0n) is 13.4. The van der Waals surface area contributed by atoms with Gasteiger partial charge in [-0.3, -0.25) is 9.48 Å². The van der Waals surface area contributed by atoms with E-state index in [0.717, 1.165) is 16.9 Å². The number of hydrogen-bond acceptors (Lipinski definition) is 3. The van der Waals surface area contributed by atoms with Crippen molar-refractivity contribution in [2.45, 2.75) is 12.7 Å². The van der Waals surface area contributed by atoms with Crippen LogP contribution >= 0.6 is 0 Å². The molecule has 0 aliphatic heterocycles. The third-order valence-electron chi connectivity index (χ3n) is 3.33. The van der Waals surface area contributed by atoms with Crippen LogP contribution in [0.15, 0.2) is 66.9 Å². The Morgan fingerprint density at radius 1 is 1.04 bits per heavy atom. The lowest BCUT2D eigenvalue weighted by Gasteiger charge is -2.09. The number of hydrogen-bond donors (Lipinski definition) is 1. The van der Waals surface area contributed by atoms with E-state index in [-0.39, 0.29) is 6.54 Å². The number of para-hydroxylation sites is 1. The number of anilines is 1. The van der Waals surface area contributed by atoms with Gasteiger partial charge in [0.2, 0.25) is 5.91 Å². The van der Waals surface area contributed by atoms with E-state index in [1.54, 1.807) is 36.4 Å². The Hall–Kier alpha value is -3.29. The van der Waals surface area contributed by atoms with Gasteiger partial charge in [-0.05, 0) is 30.3 Å². The molecule has 0 fully saturated rings. The number of nitrogens with one attached hydrogen (secondary N) is 1. The number of nitrogens with zero attached hydrogens (tertiary/aromatic N) is 2. The maximum absolute atomic E-state index is 12.5. The van der Waals surface area contributed by atoms with Gasteiger partial charge in [-0.2, -0.15) is 18.3 Å². The number of halogens is 3. The van der Waals surface area contributed by atoms with E-state index in [0.29, 0.717) is 17.2 Å². The van der Waals surface area contributed by atoms with Crippen LogP contribution in [-0.2, 0) is 17.5 Å². The molecule has 3 rings (SSSR count). The Balaban J connectivity index is 1.62.